The molecule has 0 amide bonds. The predicted molar refractivity (Wildman–Crippen MR) is 82.1 cm³/mol. The topological polar surface area (TPSA) is 91.2 Å². The van der Waals surface area contributed by atoms with E-state index in [-0.39, 0.29) is 12.1 Å². The molecule has 23 heavy (non-hydrogen) atoms. The van der Waals surface area contributed by atoms with Crippen LogP contribution in [0.5, 0.6) is 0 Å². The van der Waals surface area contributed by atoms with Crippen LogP contribution in [0.1, 0.15) is 10.4 Å². The molecule has 0 aliphatic carbocycles. The number of carbonyl (C=O) groups excluding carboxylic acids is 1. The van der Waals surface area contributed by atoms with Crippen LogP contribution in [-0.2, 0) is 9.53 Å². The van der Waals surface area contributed by atoms with E-state index < -0.39 is 17.7 Å². The van der Waals surface area contributed by atoms with E-state index in [1.54, 1.807) is 24.3 Å². The monoisotopic (exact) mass is 315 g/mol. The Kier molecular flexibility index (Phi) is 3.39. The average molecular weight is 315 g/mol. The largest absolute Gasteiger partial charge is 0.480 e. The number of Topliss-reactive ketones (excluding diaryl/α,β-unsaturated/α-hetero) is 1. The summed E-state index contributed by atoms with van der Waals surface area (Å²) in [6.07, 6.45) is 0.00756. The molecule has 0 aromatic heterocycles. The molecule has 120 valence electrons. The van der Waals surface area contributed by atoms with Gasteiger partial charge < -0.3 is 20.1 Å². The van der Waals surface area contributed by atoms with Crippen molar-refractivity contribution in [2.45, 2.75) is 12.1 Å². The number of nitrogens with zero attached hydrogens (tertiary/aromatic N) is 2. The van der Waals surface area contributed by atoms with Crippen LogP contribution in [0.2, 0.25) is 0 Å². The fourth-order valence-corrected chi connectivity index (χ4v) is 3.50. The highest BCUT2D eigenvalue weighted by atomic mass is 16.5. The summed E-state index contributed by atoms with van der Waals surface area (Å²) in [7, 11) is 0. The Bertz CT molecular complexity index is 688. The maximum absolute atomic E-state index is 12.6. The smallest absolute Gasteiger partial charge is 0.322 e. The summed E-state index contributed by atoms with van der Waals surface area (Å²) in [4.78, 5) is 30.7. The second-order valence-electron chi connectivity index (χ2n) is 6.00. The molecule has 3 aliphatic rings. The number of fused-ring (bicyclic) bond motifs is 2. The number of para-hydroxylation sites is 1. The zero-order valence-corrected chi connectivity index (χ0v) is 12.4. The normalized spacial score (nSPS) is 29.7. The molecule has 4 rings (SSSR count). The van der Waals surface area contributed by atoms with Crippen LogP contribution in [0.3, 0.4) is 0 Å². The molecule has 1 aromatic rings. The summed E-state index contributed by atoms with van der Waals surface area (Å²) in [5.41, 5.74) is 0.906. The van der Waals surface area contributed by atoms with Crippen molar-refractivity contribution in [3.63, 3.8) is 0 Å². The third kappa shape index (κ3) is 2.32. The van der Waals surface area contributed by atoms with E-state index >= 15 is 0 Å². The van der Waals surface area contributed by atoms with Crippen molar-refractivity contribution >= 4 is 23.3 Å². The number of carboxylic acid groups (broad SMARTS) is 1. The van der Waals surface area contributed by atoms with Gasteiger partial charge in [-0.3, -0.25) is 9.59 Å². The first-order chi connectivity index (χ1) is 11.1. The van der Waals surface area contributed by atoms with Gasteiger partial charge in [0.1, 0.15) is 5.84 Å². The molecule has 1 aromatic carbocycles. The van der Waals surface area contributed by atoms with Crippen LogP contribution in [0.4, 0.5) is 5.69 Å². The quantitative estimate of drug-likeness (QED) is 0.724. The van der Waals surface area contributed by atoms with Crippen molar-refractivity contribution in [3.05, 3.63) is 29.8 Å². The number of carbonyl (C=O) groups is 2. The van der Waals surface area contributed by atoms with E-state index in [0.717, 1.165) is 6.54 Å². The summed E-state index contributed by atoms with van der Waals surface area (Å²) < 4.78 is 5.72. The molecule has 3 heterocycles. The number of amidine groups is 1. The lowest BCUT2D eigenvalue weighted by molar-refractivity contribution is -0.138. The Morgan fingerprint density at radius 2 is 2.17 bits per heavy atom. The highest BCUT2D eigenvalue weighted by Gasteiger charge is 2.44. The fourth-order valence-electron chi connectivity index (χ4n) is 3.50. The maximum atomic E-state index is 12.6. The van der Waals surface area contributed by atoms with E-state index in [0.29, 0.717) is 36.8 Å². The molecule has 2 saturated heterocycles. The fraction of sp³-hybridized carbons (Fsp3) is 0.438. The standard InChI is InChI=1S/C16H17N3O4/c20-14-9-3-1-2-4-10(9)18-15(13(14)16(21)22)19-7-11-12(8-19)23-6-5-17-11/h1-4,11-13,17H,5-8H2,(H,21,22)/t11-,12+,13?/m0/s1. The number of benzene rings is 1. The molecule has 0 radical (unpaired) electrons. The molecule has 0 saturated carbocycles. The minimum Gasteiger partial charge on any atom is -0.480 e. The number of hydrogen-bond donors (Lipinski definition) is 2. The van der Waals surface area contributed by atoms with Gasteiger partial charge in [-0.15, -0.1) is 0 Å². The van der Waals surface area contributed by atoms with E-state index in [4.69, 9.17) is 4.74 Å². The van der Waals surface area contributed by atoms with Gasteiger partial charge in [0.15, 0.2) is 11.7 Å². The number of likely N-dealkylation sites (tertiary alicyclic amines) is 1. The zero-order chi connectivity index (χ0) is 16.0. The zero-order valence-electron chi connectivity index (χ0n) is 12.4. The predicted octanol–water partition coefficient (Wildman–Crippen LogP) is 0.286. The Morgan fingerprint density at radius 1 is 1.35 bits per heavy atom. The number of aliphatic carboxylic acids is 1. The lowest BCUT2D eigenvalue weighted by atomic mass is 9.92. The number of morpholine rings is 1. The van der Waals surface area contributed by atoms with Gasteiger partial charge in [-0.2, -0.15) is 0 Å². The van der Waals surface area contributed by atoms with Crippen LogP contribution in [-0.4, -0.2) is 66.0 Å². The third-order valence-corrected chi connectivity index (χ3v) is 4.60. The molecule has 2 N–H and O–H groups in total. The Hall–Kier alpha value is -2.25. The third-order valence-electron chi connectivity index (χ3n) is 4.60. The molecule has 7 nitrogen and oxygen atoms in total. The number of nitrogens with one attached hydrogen (secondary N) is 1. The van der Waals surface area contributed by atoms with Crippen molar-refractivity contribution in [2.75, 3.05) is 26.2 Å². The van der Waals surface area contributed by atoms with Gasteiger partial charge in [-0.1, -0.05) is 12.1 Å². The van der Waals surface area contributed by atoms with Crippen LogP contribution < -0.4 is 5.32 Å². The molecule has 7 heteroatoms. The Morgan fingerprint density at radius 3 is 2.96 bits per heavy atom. The van der Waals surface area contributed by atoms with E-state index in [2.05, 4.69) is 10.3 Å². The van der Waals surface area contributed by atoms with Crippen molar-refractivity contribution in [3.8, 4) is 0 Å². The number of hydrogen-bond acceptors (Lipinski definition) is 6. The molecule has 0 spiro atoms. The molecular formula is C16H17N3O4. The second-order valence-corrected chi connectivity index (χ2v) is 6.00. The van der Waals surface area contributed by atoms with Gasteiger partial charge in [-0.25, -0.2) is 4.99 Å². The molecule has 0 bridgehead atoms. The van der Waals surface area contributed by atoms with Gasteiger partial charge in [0.05, 0.1) is 24.4 Å². The van der Waals surface area contributed by atoms with Crippen LogP contribution in [0.15, 0.2) is 29.3 Å². The number of ketones is 1. The average Bonchev–Trinajstić information content (AvgIpc) is 2.98. The van der Waals surface area contributed by atoms with Gasteiger partial charge in [-0.05, 0) is 12.1 Å². The van der Waals surface area contributed by atoms with Gasteiger partial charge in [0, 0.05) is 25.2 Å². The summed E-state index contributed by atoms with van der Waals surface area (Å²) in [5.74, 6) is -2.49. The highest BCUT2D eigenvalue weighted by Crippen LogP contribution is 2.31. The first-order valence-electron chi connectivity index (χ1n) is 7.69. The molecule has 1 unspecified atom stereocenters. The summed E-state index contributed by atoms with van der Waals surface area (Å²) >= 11 is 0. The van der Waals surface area contributed by atoms with E-state index in [1.807, 2.05) is 4.90 Å². The Balaban J connectivity index is 1.72. The molecule has 3 aliphatic heterocycles. The van der Waals surface area contributed by atoms with Gasteiger partial charge in [0.25, 0.3) is 0 Å². The minimum atomic E-state index is -1.25. The highest BCUT2D eigenvalue weighted by molar-refractivity contribution is 6.26. The number of ether oxygens (including phenoxy) is 1. The SMILES string of the molecule is O=C(O)C1C(=O)c2ccccc2N=C1N1C[C@@H]2NCCO[C@@H]2C1. The van der Waals surface area contributed by atoms with Crippen molar-refractivity contribution in [1.82, 2.24) is 10.2 Å². The first-order valence-corrected chi connectivity index (χ1v) is 7.69. The van der Waals surface area contributed by atoms with Gasteiger partial charge in [0.2, 0.25) is 0 Å². The number of carboxylic acids is 1. The maximum Gasteiger partial charge on any atom is 0.322 e. The summed E-state index contributed by atoms with van der Waals surface area (Å²) in [6, 6.07) is 7.03. The number of aliphatic imine (C=N–C) groups is 1. The van der Waals surface area contributed by atoms with Crippen molar-refractivity contribution in [2.24, 2.45) is 10.9 Å². The van der Waals surface area contributed by atoms with Crippen molar-refractivity contribution in [1.29, 1.82) is 0 Å². The van der Waals surface area contributed by atoms with Crippen LogP contribution in [0, 0.1) is 5.92 Å². The van der Waals surface area contributed by atoms with Gasteiger partial charge >= 0.3 is 5.97 Å². The first kappa shape index (κ1) is 14.3. The summed E-state index contributed by atoms with van der Waals surface area (Å²) in [5, 5.41) is 12.9. The summed E-state index contributed by atoms with van der Waals surface area (Å²) in [6.45, 7) is 2.58. The minimum absolute atomic E-state index is 0.00756. The number of rotatable bonds is 1. The molecule has 3 atom stereocenters. The Labute approximate surface area is 132 Å². The lowest BCUT2D eigenvalue weighted by Gasteiger charge is -2.28. The second kappa shape index (κ2) is 5.43. The molecular weight excluding hydrogens is 298 g/mol. The van der Waals surface area contributed by atoms with E-state index in [9.17, 15) is 14.7 Å². The molecule has 2 fully saturated rings. The van der Waals surface area contributed by atoms with Crippen LogP contribution >= 0.6 is 0 Å². The van der Waals surface area contributed by atoms with Crippen LogP contribution in [0.25, 0.3) is 0 Å². The van der Waals surface area contributed by atoms with Crippen molar-refractivity contribution < 1.29 is 19.4 Å². The van der Waals surface area contributed by atoms with E-state index in [1.165, 1.54) is 0 Å². The lowest BCUT2D eigenvalue weighted by Crippen LogP contribution is -2.47.